The van der Waals surface area contributed by atoms with Crippen LogP contribution in [0.1, 0.15) is 11.1 Å². The molecule has 0 aromatic heterocycles. The van der Waals surface area contributed by atoms with Crippen molar-refractivity contribution in [2.75, 3.05) is 7.11 Å². The third-order valence-corrected chi connectivity index (χ3v) is 4.25. The van der Waals surface area contributed by atoms with E-state index in [9.17, 15) is 0 Å². The molecular weight excluding hydrogens is 346 g/mol. The lowest BCUT2D eigenvalue weighted by Crippen LogP contribution is -1.97. The van der Waals surface area contributed by atoms with Crippen LogP contribution in [0, 0.1) is 11.3 Å². The minimum Gasteiger partial charge on any atom is -0.496 e. The molecule has 3 aromatic rings. The van der Waals surface area contributed by atoms with Crippen LogP contribution in [0.4, 0.5) is 0 Å². The summed E-state index contributed by atoms with van der Waals surface area (Å²) in [5, 5.41) is 9.41. The summed E-state index contributed by atoms with van der Waals surface area (Å²) in [6, 6.07) is 23.4. The Balaban J connectivity index is 1.78. The lowest BCUT2D eigenvalue weighted by Gasteiger charge is -2.12. The van der Waals surface area contributed by atoms with E-state index >= 15 is 0 Å². The highest BCUT2D eigenvalue weighted by molar-refractivity contribution is 6.30. The van der Waals surface area contributed by atoms with Gasteiger partial charge in [-0.05, 0) is 53.1 Å². The van der Waals surface area contributed by atoms with Gasteiger partial charge in [-0.2, -0.15) is 5.26 Å². The van der Waals surface area contributed by atoms with Gasteiger partial charge in [0.25, 0.3) is 0 Å². The first-order valence-electron chi connectivity index (χ1n) is 8.21. The van der Waals surface area contributed by atoms with E-state index in [1.807, 2.05) is 60.7 Å². The van der Waals surface area contributed by atoms with E-state index in [4.69, 9.17) is 26.3 Å². The normalized spacial score (nSPS) is 10.2. The van der Waals surface area contributed by atoms with Crippen LogP contribution in [0.3, 0.4) is 0 Å². The molecule has 0 saturated carbocycles. The van der Waals surface area contributed by atoms with Gasteiger partial charge in [-0.1, -0.05) is 41.9 Å². The zero-order valence-electron chi connectivity index (χ0n) is 14.4. The molecule has 3 aromatic carbocycles. The number of methoxy groups -OCH3 is 1. The first-order valence-corrected chi connectivity index (χ1v) is 8.59. The van der Waals surface area contributed by atoms with Crippen LogP contribution in [-0.4, -0.2) is 7.11 Å². The Kier molecular flexibility index (Phi) is 5.78. The average Bonchev–Trinajstić information content (AvgIpc) is 2.67. The number of hydrogen-bond acceptors (Lipinski definition) is 3. The molecule has 0 aliphatic heterocycles. The Hall–Kier alpha value is -2.96. The van der Waals surface area contributed by atoms with Crippen molar-refractivity contribution in [3.8, 4) is 28.7 Å². The third-order valence-electron chi connectivity index (χ3n) is 4.01. The molecule has 26 heavy (non-hydrogen) atoms. The van der Waals surface area contributed by atoms with Crippen LogP contribution >= 0.6 is 11.6 Å². The van der Waals surface area contributed by atoms with Crippen LogP contribution in [0.15, 0.2) is 66.7 Å². The van der Waals surface area contributed by atoms with Gasteiger partial charge in [0.1, 0.15) is 18.1 Å². The number of halogens is 1. The van der Waals surface area contributed by atoms with Gasteiger partial charge in [0.2, 0.25) is 0 Å². The topological polar surface area (TPSA) is 42.2 Å². The van der Waals surface area contributed by atoms with Crippen molar-refractivity contribution in [3.63, 3.8) is 0 Å². The molecule has 0 radical (unpaired) electrons. The van der Waals surface area contributed by atoms with Gasteiger partial charge in [0, 0.05) is 10.6 Å². The largest absolute Gasteiger partial charge is 0.496 e. The zero-order chi connectivity index (χ0) is 18.4. The average molecular weight is 364 g/mol. The predicted molar refractivity (Wildman–Crippen MR) is 104 cm³/mol. The van der Waals surface area contributed by atoms with Crippen molar-refractivity contribution in [2.45, 2.75) is 13.0 Å². The number of nitrogens with zero attached hydrogens (tertiary/aromatic N) is 1. The minimum absolute atomic E-state index is 0.405. The Morgan fingerprint density at radius 2 is 1.73 bits per heavy atom. The fourth-order valence-electron chi connectivity index (χ4n) is 2.69. The van der Waals surface area contributed by atoms with E-state index < -0.39 is 0 Å². The van der Waals surface area contributed by atoms with Crippen LogP contribution in [0.5, 0.6) is 11.5 Å². The van der Waals surface area contributed by atoms with Gasteiger partial charge >= 0.3 is 0 Å². The summed E-state index contributed by atoms with van der Waals surface area (Å²) in [5.41, 5.74) is 3.98. The van der Waals surface area contributed by atoms with E-state index in [2.05, 4.69) is 12.1 Å². The molecule has 3 nitrogen and oxygen atoms in total. The second-order valence-corrected chi connectivity index (χ2v) is 6.25. The smallest absolute Gasteiger partial charge is 0.126 e. The van der Waals surface area contributed by atoms with Gasteiger partial charge < -0.3 is 9.47 Å². The lowest BCUT2D eigenvalue weighted by atomic mass is 10.0. The summed E-state index contributed by atoms with van der Waals surface area (Å²) in [6.07, 6.45) is 0.405. The molecule has 0 unspecified atom stereocenters. The molecule has 0 bridgehead atoms. The fraction of sp³-hybridized carbons (Fsp3) is 0.136. The van der Waals surface area contributed by atoms with Gasteiger partial charge in [0.15, 0.2) is 0 Å². The summed E-state index contributed by atoms with van der Waals surface area (Å²) in [5.74, 6) is 1.56. The van der Waals surface area contributed by atoms with E-state index in [1.165, 1.54) is 0 Å². The van der Waals surface area contributed by atoms with Crippen LogP contribution < -0.4 is 9.47 Å². The number of benzene rings is 3. The fourth-order valence-corrected chi connectivity index (χ4v) is 2.88. The summed E-state index contributed by atoms with van der Waals surface area (Å²) < 4.78 is 11.3. The molecule has 0 atom stereocenters. The number of hydrogen-bond donors (Lipinski definition) is 0. The van der Waals surface area contributed by atoms with Crippen molar-refractivity contribution >= 4 is 11.6 Å². The standard InChI is InChI=1S/C22H18ClNO2/c1-25-22-10-7-17(13-21(22)18-3-2-4-19(23)14-18)15-26-20-8-5-16(6-9-20)11-12-24/h2-10,13-14H,11,15H2,1H3. The molecule has 0 heterocycles. The summed E-state index contributed by atoms with van der Waals surface area (Å²) in [6.45, 7) is 0.440. The quantitative estimate of drug-likeness (QED) is 0.567. The second-order valence-electron chi connectivity index (χ2n) is 5.81. The van der Waals surface area contributed by atoms with Gasteiger partial charge in [-0.3, -0.25) is 0 Å². The summed E-state index contributed by atoms with van der Waals surface area (Å²) in [4.78, 5) is 0. The second kappa shape index (κ2) is 8.42. The van der Waals surface area contributed by atoms with Crippen LogP contribution in [0.2, 0.25) is 5.02 Å². The van der Waals surface area contributed by atoms with Gasteiger partial charge in [-0.15, -0.1) is 0 Å². The van der Waals surface area contributed by atoms with Gasteiger partial charge in [0.05, 0.1) is 19.6 Å². The highest BCUT2D eigenvalue weighted by atomic mass is 35.5. The predicted octanol–water partition coefficient (Wildman–Crippen LogP) is 5.66. The van der Waals surface area contributed by atoms with Crippen LogP contribution in [-0.2, 0) is 13.0 Å². The van der Waals surface area contributed by atoms with Crippen molar-refractivity contribution in [1.82, 2.24) is 0 Å². The Morgan fingerprint density at radius 1 is 0.962 bits per heavy atom. The van der Waals surface area contributed by atoms with E-state index in [0.717, 1.165) is 33.8 Å². The first-order chi connectivity index (χ1) is 12.7. The Bertz CT molecular complexity index is 930. The number of rotatable bonds is 6. The highest BCUT2D eigenvalue weighted by Crippen LogP contribution is 2.32. The van der Waals surface area contributed by atoms with Crippen molar-refractivity contribution < 1.29 is 9.47 Å². The molecule has 0 aliphatic carbocycles. The zero-order valence-corrected chi connectivity index (χ0v) is 15.2. The Labute approximate surface area is 158 Å². The summed E-state index contributed by atoms with van der Waals surface area (Å²) >= 11 is 6.12. The third kappa shape index (κ3) is 4.36. The molecule has 0 N–H and O–H groups in total. The summed E-state index contributed by atoms with van der Waals surface area (Å²) in [7, 11) is 1.66. The monoisotopic (exact) mass is 363 g/mol. The van der Waals surface area contributed by atoms with Crippen LogP contribution in [0.25, 0.3) is 11.1 Å². The first kappa shape index (κ1) is 17.8. The molecular formula is C22H18ClNO2. The van der Waals surface area contributed by atoms with E-state index in [-0.39, 0.29) is 0 Å². The minimum atomic E-state index is 0.405. The van der Waals surface area contributed by atoms with Gasteiger partial charge in [-0.25, -0.2) is 0 Å². The molecule has 3 rings (SSSR count). The highest BCUT2D eigenvalue weighted by Gasteiger charge is 2.08. The Morgan fingerprint density at radius 3 is 2.42 bits per heavy atom. The van der Waals surface area contributed by atoms with E-state index in [0.29, 0.717) is 18.1 Å². The number of nitriles is 1. The molecule has 0 spiro atoms. The lowest BCUT2D eigenvalue weighted by molar-refractivity contribution is 0.306. The maximum Gasteiger partial charge on any atom is 0.126 e. The van der Waals surface area contributed by atoms with Crippen molar-refractivity contribution in [3.05, 3.63) is 82.9 Å². The maximum absolute atomic E-state index is 8.72. The molecule has 0 amide bonds. The molecule has 0 fully saturated rings. The number of ether oxygens (including phenoxy) is 2. The maximum atomic E-state index is 8.72. The SMILES string of the molecule is COc1ccc(COc2ccc(CC#N)cc2)cc1-c1cccc(Cl)c1. The molecule has 0 saturated heterocycles. The van der Waals surface area contributed by atoms with E-state index in [1.54, 1.807) is 7.11 Å². The molecule has 0 aliphatic rings. The molecule has 4 heteroatoms. The molecule has 130 valence electrons. The van der Waals surface area contributed by atoms with Crippen molar-refractivity contribution in [1.29, 1.82) is 5.26 Å². The van der Waals surface area contributed by atoms with Crippen molar-refractivity contribution in [2.24, 2.45) is 0 Å².